The minimum Gasteiger partial charge on any atom is -0.385 e. The molecule has 150 valence electrons. The lowest BCUT2D eigenvalue weighted by molar-refractivity contribution is 0.405. The van der Waals surface area contributed by atoms with Crippen LogP contribution in [0.3, 0.4) is 0 Å². The maximum Gasteiger partial charge on any atom is 0.150 e. The summed E-state index contributed by atoms with van der Waals surface area (Å²) in [6.07, 6.45) is 2.82. The maximum atomic E-state index is 6.52. The molecule has 0 unspecified atom stereocenters. The number of aryl methyl sites for hydroxylation is 1. The van der Waals surface area contributed by atoms with E-state index in [1.165, 1.54) is 0 Å². The van der Waals surface area contributed by atoms with Gasteiger partial charge in [-0.25, -0.2) is 9.97 Å². The van der Waals surface area contributed by atoms with Gasteiger partial charge < -0.3 is 16.0 Å². The number of hydrogen-bond acceptors (Lipinski definition) is 5. The van der Waals surface area contributed by atoms with E-state index in [0.29, 0.717) is 10.8 Å². The van der Waals surface area contributed by atoms with E-state index in [0.717, 1.165) is 58.7 Å². The third-order valence-corrected chi connectivity index (χ3v) is 5.35. The van der Waals surface area contributed by atoms with Crippen molar-refractivity contribution in [1.29, 1.82) is 0 Å². The number of rotatable bonds is 6. The number of anilines is 2. The highest BCUT2D eigenvalue weighted by Gasteiger charge is 2.17. The predicted molar refractivity (Wildman–Crippen MR) is 122 cm³/mol. The van der Waals surface area contributed by atoms with E-state index in [1.807, 2.05) is 35.6 Å². The molecule has 6 nitrogen and oxygen atoms in total. The Balaban J connectivity index is 1.80. The Kier molecular flexibility index (Phi) is 5.30. The van der Waals surface area contributed by atoms with Gasteiger partial charge in [0, 0.05) is 17.8 Å². The van der Waals surface area contributed by atoms with Crippen LogP contribution in [-0.2, 0) is 0 Å². The van der Waals surface area contributed by atoms with E-state index in [1.54, 1.807) is 6.20 Å². The average Bonchev–Trinajstić information content (AvgIpc) is 3.10. The zero-order valence-electron chi connectivity index (χ0n) is 16.9. The van der Waals surface area contributed by atoms with Gasteiger partial charge in [-0.3, -0.25) is 4.40 Å². The first-order valence-electron chi connectivity index (χ1n) is 9.66. The van der Waals surface area contributed by atoms with Gasteiger partial charge in [0.25, 0.3) is 0 Å². The standard InChI is InChI=1S/C22H25ClN6/c1-14-6-4-7-16(23)20(14)22-26-13-19-21(24)27-17-12-15(8-9-18(17)29(19)22)25-10-5-11-28(2)3/h4,6-9,12-13,25H,5,10-11H2,1-3H3,(H2,24,27). The minimum absolute atomic E-state index is 0.450. The number of halogens is 1. The van der Waals surface area contributed by atoms with Gasteiger partial charge in [-0.1, -0.05) is 23.7 Å². The number of nitrogens with zero attached hydrogens (tertiary/aromatic N) is 4. The zero-order valence-corrected chi connectivity index (χ0v) is 17.7. The van der Waals surface area contributed by atoms with Crippen LogP contribution in [-0.4, -0.2) is 46.5 Å². The molecule has 0 aliphatic rings. The molecule has 0 aliphatic heterocycles. The second-order valence-electron chi connectivity index (χ2n) is 7.52. The number of nitrogens with one attached hydrogen (secondary N) is 1. The fourth-order valence-corrected chi connectivity index (χ4v) is 3.90. The monoisotopic (exact) mass is 408 g/mol. The van der Waals surface area contributed by atoms with Gasteiger partial charge in [0.2, 0.25) is 0 Å². The largest absolute Gasteiger partial charge is 0.385 e. The highest BCUT2D eigenvalue weighted by Crippen LogP contribution is 2.33. The van der Waals surface area contributed by atoms with Gasteiger partial charge in [0.05, 0.1) is 22.3 Å². The molecule has 0 saturated carbocycles. The van der Waals surface area contributed by atoms with Crippen LogP contribution < -0.4 is 11.1 Å². The van der Waals surface area contributed by atoms with E-state index < -0.39 is 0 Å². The number of imidazole rings is 1. The summed E-state index contributed by atoms with van der Waals surface area (Å²) in [5.74, 6) is 1.22. The molecule has 0 aliphatic carbocycles. The molecule has 0 radical (unpaired) electrons. The lowest BCUT2D eigenvalue weighted by atomic mass is 10.1. The van der Waals surface area contributed by atoms with Gasteiger partial charge in [-0.2, -0.15) is 0 Å². The molecule has 7 heteroatoms. The van der Waals surface area contributed by atoms with Crippen LogP contribution in [0.1, 0.15) is 12.0 Å². The van der Waals surface area contributed by atoms with Crippen molar-refractivity contribution in [3.63, 3.8) is 0 Å². The highest BCUT2D eigenvalue weighted by molar-refractivity contribution is 6.33. The summed E-state index contributed by atoms with van der Waals surface area (Å²) in [7, 11) is 4.16. The molecule has 2 heterocycles. The third-order valence-electron chi connectivity index (χ3n) is 5.04. The van der Waals surface area contributed by atoms with Crippen molar-refractivity contribution in [3.8, 4) is 11.4 Å². The Bertz CT molecular complexity index is 1160. The van der Waals surface area contributed by atoms with Crippen LogP contribution in [0, 0.1) is 6.92 Å². The molecule has 2 aromatic heterocycles. The molecule has 29 heavy (non-hydrogen) atoms. The molecular weight excluding hydrogens is 384 g/mol. The number of nitrogen functional groups attached to an aromatic ring is 1. The molecule has 0 fully saturated rings. The zero-order chi connectivity index (χ0) is 20.5. The summed E-state index contributed by atoms with van der Waals surface area (Å²) in [6.45, 7) is 3.98. The molecule has 4 rings (SSSR count). The Labute approximate surface area is 175 Å². The van der Waals surface area contributed by atoms with Crippen LogP contribution in [0.5, 0.6) is 0 Å². The lowest BCUT2D eigenvalue weighted by Crippen LogP contribution is -2.16. The maximum absolute atomic E-state index is 6.52. The summed E-state index contributed by atoms with van der Waals surface area (Å²) < 4.78 is 2.04. The first-order chi connectivity index (χ1) is 14.0. The molecule has 0 bridgehead atoms. The van der Waals surface area contributed by atoms with Crippen LogP contribution in [0.2, 0.25) is 5.02 Å². The van der Waals surface area contributed by atoms with Gasteiger partial charge in [-0.15, -0.1) is 0 Å². The van der Waals surface area contributed by atoms with Crippen LogP contribution >= 0.6 is 11.6 Å². The Morgan fingerprint density at radius 2 is 2.00 bits per heavy atom. The van der Waals surface area contributed by atoms with Crippen molar-refractivity contribution in [3.05, 3.63) is 53.2 Å². The second kappa shape index (κ2) is 7.89. The lowest BCUT2D eigenvalue weighted by Gasteiger charge is -2.13. The van der Waals surface area contributed by atoms with Crippen LogP contribution in [0.4, 0.5) is 11.5 Å². The summed E-state index contributed by atoms with van der Waals surface area (Å²) >= 11 is 6.52. The molecular formula is C22H25ClN6. The van der Waals surface area contributed by atoms with Crippen molar-refractivity contribution < 1.29 is 0 Å². The number of benzene rings is 2. The van der Waals surface area contributed by atoms with Gasteiger partial charge in [0.1, 0.15) is 17.2 Å². The SMILES string of the molecule is Cc1cccc(Cl)c1-c1ncc2c(N)nc3cc(NCCCN(C)C)ccc3n12. The van der Waals surface area contributed by atoms with Crippen molar-refractivity contribution in [1.82, 2.24) is 19.3 Å². The normalized spacial score (nSPS) is 11.6. The number of hydrogen-bond donors (Lipinski definition) is 2. The molecule has 0 amide bonds. The predicted octanol–water partition coefficient (Wildman–Crippen LogP) is 4.46. The summed E-state index contributed by atoms with van der Waals surface area (Å²) in [5.41, 5.74) is 11.8. The first kappa shape index (κ1) is 19.5. The van der Waals surface area contributed by atoms with Crippen molar-refractivity contribution in [2.75, 3.05) is 38.2 Å². The summed E-state index contributed by atoms with van der Waals surface area (Å²) in [5, 5.41) is 4.13. The van der Waals surface area contributed by atoms with E-state index in [-0.39, 0.29) is 0 Å². The Morgan fingerprint density at radius 3 is 2.76 bits per heavy atom. The van der Waals surface area contributed by atoms with E-state index in [4.69, 9.17) is 17.3 Å². The quantitative estimate of drug-likeness (QED) is 0.461. The fourth-order valence-electron chi connectivity index (χ4n) is 3.59. The van der Waals surface area contributed by atoms with E-state index >= 15 is 0 Å². The minimum atomic E-state index is 0.450. The van der Waals surface area contributed by atoms with E-state index in [2.05, 4.69) is 46.4 Å². The van der Waals surface area contributed by atoms with E-state index in [9.17, 15) is 0 Å². The van der Waals surface area contributed by atoms with Crippen molar-refractivity contribution in [2.24, 2.45) is 0 Å². The van der Waals surface area contributed by atoms with Crippen molar-refractivity contribution >= 4 is 39.7 Å². The molecule has 4 aromatic rings. The third kappa shape index (κ3) is 3.73. The topological polar surface area (TPSA) is 71.5 Å². The molecule has 2 aromatic carbocycles. The van der Waals surface area contributed by atoms with Crippen LogP contribution in [0.25, 0.3) is 27.9 Å². The number of aromatic nitrogens is 3. The smallest absolute Gasteiger partial charge is 0.150 e. The molecule has 3 N–H and O–H groups in total. The van der Waals surface area contributed by atoms with Crippen LogP contribution in [0.15, 0.2) is 42.6 Å². The van der Waals surface area contributed by atoms with Gasteiger partial charge >= 0.3 is 0 Å². The molecule has 0 spiro atoms. The molecule has 0 saturated heterocycles. The van der Waals surface area contributed by atoms with Gasteiger partial charge in [0.15, 0.2) is 0 Å². The fraction of sp³-hybridized carbons (Fsp3) is 0.273. The Morgan fingerprint density at radius 1 is 1.17 bits per heavy atom. The van der Waals surface area contributed by atoms with Gasteiger partial charge in [-0.05, 0) is 63.8 Å². The first-order valence-corrected chi connectivity index (χ1v) is 10.0. The summed E-state index contributed by atoms with van der Waals surface area (Å²) in [4.78, 5) is 11.4. The summed E-state index contributed by atoms with van der Waals surface area (Å²) in [6, 6.07) is 12.0. The average molecular weight is 409 g/mol. The second-order valence-corrected chi connectivity index (χ2v) is 7.93. The van der Waals surface area contributed by atoms with Crippen molar-refractivity contribution in [2.45, 2.75) is 13.3 Å². The molecule has 0 atom stereocenters. The number of fused-ring (bicyclic) bond motifs is 3. The number of nitrogens with two attached hydrogens (primary N) is 1. The Hall–Kier alpha value is -2.83. The highest BCUT2D eigenvalue weighted by atomic mass is 35.5.